The number of carbonyl (C=O) groups excluding carboxylic acids is 2. The quantitative estimate of drug-likeness (QED) is 0.0394. The van der Waals surface area contributed by atoms with E-state index in [9.17, 15) is 19.7 Å². The summed E-state index contributed by atoms with van der Waals surface area (Å²) in [6.45, 7) is 13.2. The van der Waals surface area contributed by atoms with E-state index in [-0.39, 0.29) is 17.6 Å². The zero-order valence-corrected chi connectivity index (χ0v) is 25.0. The van der Waals surface area contributed by atoms with Crippen LogP contribution in [-0.4, -0.2) is 43.2 Å². The molecule has 0 unspecified atom stereocenters. The molecule has 8 heteroatoms. The fourth-order valence-electron chi connectivity index (χ4n) is 4.16. The first-order valence-corrected chi connectivity index (χ1v) is 14.6. The Morgan fingerprint density at radius 2 is 1.12 bits per heavy atom. The van der Waals surface area contributed by atoms with Crippen LogP contribution in [0.2, 0.25) is 0 Å². The maximum atomic E-state index is 11.5. The number of nitro groups is 1. The van der Waals surface area contributed by atoms with Gasteiger partial charge in [0.25, 0.3) is 5.69 Å². The van der Waals surface area contributed by atoms with E-state index in [0.29, 0.717) is 24.4 Å². The van der Waals surface area contributed by atoms with E-state index in [1.807, 2.05) is 12.2 Å². The molecule has 0 radical (unpaired) electrons. The number of nitrogens with zero attached hydrogens (tertiary/aromatic N) is 2. The second kappa shape index (κ2) is 19.0. The lowest BCUT2D eigenvalue weighted by Crippen LogP contribution is -2.25. The molecule has 0 heterocycles. The van der Waals surface area contributed by atoms with E-state index in [1.165, 1.54) is 12.1 Å². The number of anilines is 1. The standard InChI is InChI=1S/C34H44N2O6/c1-27(2)33(37)41-25-11-7-5-9-23-35(24-10-6-8-12-26-42-34(38)28(3)4)31-19-15-29(16-20-31)13-14-30-17-21-32(22-18-30)36(39)40/h13-22H,1,3,5-12,23-26H2,2,4H3. The number of nitro benzene ring substituents is 1. The molecule has 2 aromatic carbocycles. The fourth-order valence-corrected chi connectivity index (χ4v) is 4.16. The van der Waals surface area contributed by atoms with Gasteiger partial charge in [-0.1, -0.05) is 50.3 Å². The first kappa shape index (κ1) is 34.0. The van der Waals surface area contributed by atoms with E-state index in [0.717, 1.165) is 81.3 Å². The molecule has 226 valence electrons. The third-order valence-electron chi connectivity index (χ3n) is 6.64. The second-order valence-corrected chi connectivity index (χ2v) is 10.4. The van der Waals surface area contributed by atoms with Gasteiger partial charge in [-0.15, -0.1) is 0 Å². The van der Waals surface area contributed by atoms with Gasteiger partial charge in [0.15, 0.2) is 0 Å². The minimum Gasteiger partial charge on any atom is -0.462 e. The molecule has 0 saturated carbocycles. The van der Waals surface area contributed by atoms with Gasteiger partial charge in [-0.25, -0.2) is 9.59 Å². The van der Waals surface area contributed by atoms with Gasteiger partial charge in [-0.05, 0) is 87.8 Å². The van der Waals surface area contributed by atoms with Gasteiger partial charge in [0, 0.05) is 42.1 Å². The Balaban J connectivity index is 1.87. The van der Waals surface area contributed by atoms with Crippen LogP contribution in [0.25, 0.3) is 12.2 Å². The molecule has 2 rings (SSSR count). The molecule has 0 atom stereocenters. The summed E-state index contributed by atoms with van der Waals surface area (Å²) in [5, 5.41) is 10.9. The number of carbonyl (C=O) groups is 2. The van der Waals surface area contributed by atoms with Crippen molar-refractivity contribution in [2.24, 2.45) is 0 Å². The van der Waals surface area contributed by atoms with Crippen LogP contribution in [0.15, 0.2) is 72.8 Å². The summed E-state index contributed by atoms with van der Waals surface area (Å²) in [5.41, 5.74) is 4.03. The summed E-state index contributed by atoms with van der Waals surface area (Å²) in [6.07, 6.45) is 11.8. The van der Waals surface area contributed by atoms with Crippen LogP contribution < -0.4 is 4.90 Å². The summed E-state index contributed by atoms with van der Waals surface area (Å²) in [7, 11) is 0. The van der Waals surface area contributed by atoms with Crippen LogP contribution in [0.3, 0.4) is 0 Å². The predicted molar refractivity (Wildman–Crippen MR) is 169 cm³/mol. The topological polar surface area (TPSA) is 99.0 Å². The highest BCUT2D eigenvalue weighted by atomic mass is 16.6. The molecular formula is C34H44N2O6. The van der Waals surface area contributed by atoms with Crippen molar-refractivity contribution in [3.63, 3.8) is 0 Å². The number of rotatable bonds is 20. The van der Waals surface area contributed by atoms with Crippen molar-refractivity contribution in [1.82, 2.24) is 0 Å². The van der Waals surface area contributed by atoms with Crippen LogP contribution in [0.5, 0.6) is 0 Å². The Bertz CT molecular complexity index is 1160. The van der Waals surface area contributed by atoms with Crippen LogP contribution in [0, 0.1) is 10.1 Å². The van der Waals surface area contributed by atoms with Crippen molar-refractivity contribution in [3.8, 4) is 0 Å². The van der Waals surface area contributed by atoms with E-state index < -0.39 is 4.92 Å². The number of non-ortho nitro benzene ring substituents is 1. The third-order valence-corrected chi connectivity index (χ3v) is 6.64. The van der Waals surface area contributed by atoms with E-state index >= 15 is 0 Å². The summed E-state index contributed by atoms with van der Waals surface area (Å²) < 4.78 is 10.4. The lowest BCUT2D eigenvalue weighted by molar-refractivity contribution is -0.384. The number of unbranched alkanes of at least 4 members (excludes halogenated alkanes) is 6. The molecule has 0 aliphatic heterocycles. The van der Waals surface area contributed by atoms with Crippen molar-refractivity contribution in [2.75, 3.05) is 31.2 Å². The average molecular weight is 577 g/mol. The minimum atomic E-state index is -0.401. The Kier molecular flexibility index (Phi) is 15.4. The van der Waals surface area contributed by atoms with E-state index in [2.05, 4.69) is 42.3 Å². The molecule has 0 spiro atoms. The summed E-state index contributed by atoms with van der Waals surface area (Å²) in [6, 6.07) is 14.9. The van der Waals surface area contributed by atoms with Crippen molar-refractivity contribution in [2.45, 2.75) is 65.2 Å². The predicted octanol–water partition coefficient (Wildman–Crippen LogP) is 7.93. The van der Waals surface area contributed by atoms with E-state index in [1.54, 1.807) is 26.0 Å². The average Bonchev–Trinajstić information content (AvgIpc) is 2.98. The number of esters is 2. The molecule has 0 fully saturated rings. The Labute approximate surface area is 249 Å². The minimum absolute atomic E-state index is 0.0778. The maximum absolute atomic E-state index is 11.5. The molecule has 0 N–H and O–H groups in total. The van der Waals surface area contributed by atoms with Gasteiger partial charge in [0.2, 0.25) is 0 Å². The van der Waals surface area contributed by atoms with Crippen LogP contribution in [-0.2, 0) is 19.1 Å². The summed E-state index contributed by atoms with van der Waals surface area (Å²) in [5.74, 6) is -0.664. The van der Waals surface area contributed by atoms with Crippen molar-refractivity contribution < 1.29 is 24.0 Å². The fraction of sp³-hybridized carbons (Fsp3) is 0.412. The van der Waals surface area contributed by atoms with Crippen molar-refractivity contribution in [1.29, 1.82) is 0 Å². The first-order chi connectivity index (χ1) is 20.2. The molecule has 0 aliphatic rings. The molecule has 0 bridgehead atoms. The summed E-state index contributed by atoms with van der Waals surface area (Å²) >= 11 is 0. The number of benzene rings is 2. The van der Waals surface area contributed by atoms with E-state index in [4.69, 9.17) is 9.47 Å². The highest BCUT2D eigenvalue weighted by molar-refractivity contribution is 5.87. The number of hydrogen-bond acceptors (Lipinski definition) is 7. The smallest absolute Gasteiger partial charge is 0.333 e. The summed E-state index contributed by atoms with van der Waals surface area (Å²) in [4.78, 5) is 35.9. The zero-order chi connectivity index (χ0) is 30.7. The zero-order valence-electron chi connectivity index (χ0n) is 25.0. The van der Waals surface area contributed by atoms with Crippen molar-refractivity contribution >= 4 is 35.5 Å². The number of hydrogen-bond donors (Lipinski definition) is 0. The SMILES string of the molecule is C=C(C)C(=O)OCCCCCCN(CCCCCCOC(=O)C(=C)C)c1ccc(C=Cc2ccc([N+](=O)[O-])cc2)cc1. The number of ether oxygens (including phenoxy) is 2. The van der Waals surface area contributed by atoms with Crippen LogP contribution in [0.4, 0.5) is 11.4 Å². The van der Waals surface area contributed by atoms with Crippen molar-refractivity contribution in [3.05, 3.63) is 94.1 Å². The van der Waals surface area contributed by atoms with Gasteiger partial charge in [0.05, 0.1) is 18.1 Å². The van der Waals surface area contributed by atoms with Gasteiger partial charge < -0.3 is 14.4 Å². The third kappa shape index (κ3) is 13.4. The normalized spacial score (nSPS) is 10.8. The lowest BCUT2D eigenvalue weighted by Gasteiger charge is -2.25. The Hall–Kier alpha value is -4.20. The van der Waals surface area contributed by atoms with Crippen LogP contribution in [0.1, 0.15) is 76.3 Å². The molecule has 0 aromatic heterocycles. The largest absolute Gasteiger partial charge is 0.462 e. The molecular weight excluding hydrogens is 532 g/mol. The van der Waals surface area contributed by atoms with Gasteiger partial charge in [-0.3, -0.25) is 10.1 Å². The molecule has 8 nitrogen and oxygen atoms in total. The Morgan fingerprint density at radius 1 is 0.714 bits per heavy atom. The monoisotopic (exact) mass is 576 g/mol. The second-order valence-electron chi connectivity index (χ2n) is 10.4. The Morgan fingerprint density at radius 3 is 1.52 bits per heavy atom. The van der Waals surface area contributed by atoms with Gasteiger partial charge >= 0.3 is 11.9 Å². The maximum Gasteiger partial charge on any atom is 0.333 e. The molecule has 0 amide bonds. The molecule has 2 aromatic rings. The molecule has 42 heavy (non-hydrogen) atoms. The highest BCUT2D eigenvalue weighted by Gasteiger charge is 2.08. The highest BCUT2D eigenvalue weighted by Crippen LogP contribution is 2.20. The van der Waals surface area contributed by atoms with Gasteiger partial charge in [-0.2, -0.15) is 0 Å². The van der Waals surface area contributed by atoms with Crippen LogP contribution >= 0.6 is 0 Å². The lowest BCUT2D eigenvalue weighted by atomic mass is 10.1. The molecule has 0 aliphatic carbocycles. The molecule has 0 saturated heterocycles. The van der Waals surface area contributed by atoms with Gasteiger partial charge in [0.1, 0.15) is 0 Å². The first-order valence-electron chi connectivity index (χ1n) is 14.6.